The topological polar surface area (TPSA) is 37.4 Å². The number of aromatic nitrogens is 1. The SMILES string of the molecule is COc1cccc(NC(CN(C)C)C(C)C)n1. The highest BCUT2D eigenvalue weighted by molar-refractivity contribution is 5.38. The molecule has 1 rings (SSSR count). The van der Waals surface area contributed by atoms with E-state index in [1.54, 1.807) is 7.11 Å². The van der Waals surface area contributed by atoms with Gasteiger partial charge >= 0.3 is 0 Å². The first-order chi connectivity index (χ1) is 8.02. The van der Waals surface area contributed by atoms with Gasteiger partial charge in [0.25, 0.3) is 0 Å². The Morgan fingerprint density at radius 2 is 2.06 bits per heavy atom. The zero-order valence-corrected chi connectivity index (χ0v) is 11.4. The van der Waals surface area contributed by atoms with Crippen molar-refractivity contribution in [2.75, 3.05) is 33.1 Å². The maximum Gasteiger partial charge on any atom is 0.214 e. The van der Waals surface area contributed by atoms with Gasteiger partial charge in [0, 0.05) is 18.7 Å². The predicted octanol–water partition coefficient (Wildman–Crippen LogP) is 2.09. The van der Waals surface area contributed by atoms with Crippen molar-refractivity contribution in [3.8, 4) is 5.88 Å². The Hall–Kier alpha value is -1.29. The molecule has 4 heteroatoms. The first-order valence-electron chi connectivity index (χ1n) is 5.95. The summed E-state index contributed by atoms with van der Waals surface area (Å²) in [6, 6.07) is 6.14. The van der Waals surface area contributed by atoms with Crippen LogP contribution in [0.5, 0.6) is 5.88 Å². The predicted molar refractivity (Wildman–Crippen MR) is 71.6 cm³/mol. The van der Waals surface area contributed by atoms with E-state index in [0.29, 0.717) is 17.8 Å². The van der Waals surface area contributed by atoms with Crippen molar-refractivity contribution in [3.05, 3.63) is 18.2 Å². The lowest BCUT2D eigenvalue weighted by atomic mass is 10.0. The molecule has 0 aromatic carbocycles. The molecule has 0 saturated heterocycles. The number of hydrogen-bond acceptors (Lipinski definition) is 4. The van der Waals surface area contributed by atoms with Crippen molar-refractivity contribution < 1.29 is 4.74 Å². The smallest absolute Gasteiger partial charge is 0.214 e. The fourth-order valence-electron chi connectivity index (χ4n) is 1.62. The van der Waals surface area contributed by atoms with Crippen LogP contribution in [0.15, 0.2) is 18.2 Å². The van der Waals surface area contributed by atoms with Crippen LogP contribution in [0.3, 0.4) is 0 Å². The minimum atomic E-state index is 0.379. The van der Waals surface area contributed by atoms with Crippen LogP contribution in [-0.2, 0) is 0 Å². The van der Waals surface area contributed by atoms with E-state index in [2.05, 4.69) is 43.1 Å². The summed E-state index contributed by atoms with van der Waals surface area (Å²) in [5.41, 5.74) is 0. The average Bonchev–Trinajstić information content (AvgIpc) is 2.27. The summed E-state index contributed by atoms with van der Waals surface area (Å²) in [6.45, 7) is 5.40. The van der Waals surface area contributed by atoms with Gasteiger partial charge in [-0.1, -0.05) is 19.9 Å². The molecule has 0 aliphatic carbocycles. The Bertz CT molecular complexity index is 339. The Balaban J connectivity index is 2.71. The number of hydrogen-bond donors (Lipinski definition) is 1. The molecule has 96 valence electrons. The largest absolute Gasteiger partial charge is 0.481 e. The minimum Gasteiger partial charge on any atom is -0.481 e. The van der Waals surface area contributed by atoms with Crippen LogP contribution >= 0.6 is 0 Å². The lowest BCUT2D eigenvalue weighted by Crippen LogP contribution is -2.36. The van der Waals surface area contributed by atoms with Crippen molar-refractivity contribution in [3.63, 3.8) is 0 Å². The monoisotopic (exact) mass is 237 g/mol. The minimum absolute atomic E-state index is 0.379. The van der Waals surface area contributed by atoms with Gasteiger partial charge < -0.3 is 15.0 Å². The fourth-order valence-corrected chi connectivity index (χ4v) is 1.62. The van der Waals surface area contributed by atoms with Gasteiger partial charge in [0.2, 0.25) is 5.88 Å². The zero-order valence-electron chi connectivity index (χ0n) is 11.4. The molecule has 0 bridgehead atoms. The normalized spacial score (nSPS) is 12.9. The van der Waals surface area contributed by atoms with Gasteiger partial charge in [0.05, 0.1) is 7.11 Å². The molecule has 0 spiro atoms. The van der Waals surface area contributed by atoms with Crippen molar-refractivity contribution >= 4 is 5.82 Å². The molecule has 0 fully saturated rings. The highest BCUT2D eigenvalue weighted by atomic mass is 16.5. The Morgan fingerprint density at radius 1 is 1.35 bits per heavy atom. The highest BCUT2D eigenvalue weighted by Crippen LogP contribution is 2.14. The van der Waals surface area contributed by atoms with E-state index in [9.17, 15) is 0 Å². The van der Waals surface area contributed by atoms with Crippen molar-refractivity contribution in [2.45, 2.75) is 19.9 Å². The third kappa shape index (κ3) is 4.61. The number of likely N-dealkylation sites (N-methyl/N-ethyl adjacent to an activating group) is 1. The summed E-state index contributed by atoms with van der Waals surface area (Å²) in [5.74, 6) is 2.05. The molecule has 4 nitrogen and oxygen atoms in total. The van der Waals surface area contributed by atoms with E-state index < -0.39 is 0 Å². The second-order valence-electron chi connectivity index (χ2n) is 4.82. The van der Waals surface area contributed by atoms with E-state index in [1.165, 1.54) is 0 Å². The van der Waals surface area contributed by atoms with E-state index >= 15 is 0 Å². The number of pyridine rings is 1. The van der Waals surface area contributed by atoms with Crippen molar-refractivity contribution in [2.24, 2.45) is 5.92 Å². The third-order valence-electron chi connectivity index (χ3n) is 2.63. The summed E-state index contributed by atoms with van der Waals surface area (Å²) in [4.78, 5) is 6.55. The van der Waals surface area contributed by atoms with Crippen LogP contribution in [0.4, 0.5) is 5.82 Å². The summed E-state index contributed by atoms with van der Waals surface area (Å²) in [5, 5.41) is 3.45. The maximum atomic E-state index is 5.12. The quantitative estimate of drug-likeness (QED) is 0.822. The summed E-state index contributed by atoms with van der Waals surface area (Å²) in [7, 11) is 5.79. The van der Waals surface area contributed by atoms with Gasteiger partial charge in [-0.05, 0) is 26.1 Å². The lowest BCUT2D eigenvalue weighted by Gasteiger charge is -2.26. The van der Waals surface area contributed by atoms with Crippen LogP contribution in [0, 0.1) is 5.92 Å². The molecule has 1 heterocycles. The number of rotatable bonds is 6. The molecular weight excluding hydrogens is 214 g/mol. The molecule has 0 saturated carbocycles. The molecule has 0 aliphatic rings. The van der Waals surface area contributed by atoms with Crippen LogP contribution in [-0.4, -0.2) is 43.7 Å². The van der Waals surface area contributed by atoms with Crippen LogP contribution < -0.4 is 10.1 Å². The standard InChI is InChI=1S/C13H23N3O/c1-10(2)11(9-16(3)4)14-12-7-6-8-13(15-12)17-5/h6-8,10-11H,9H2,1-5H3,(H,14,15). The Kier molecular flexibility index (Phi) is 5.22. The fraction of sp³-hybridized carbons (Fsp3) is 0.615. The molecule has 1 aromatic heterocycles. The van der Waals surface area contributed by atoms with Gasteiger partial charge in [-0.2, -0.15) is 4.98 Å². The van der Waals surface area contributed by atoms with Crippen LogP contribution in [0.1, 0.15) is 13.8 Å². The molecule has 1 aromatic rings. The molecule has 17 heavy (non-hydrogen) atoms. The third-order valence-corrected chi connectivity index (χ3v) is 2.63. The first-order valence-corrected chi connectivity index (χ1v) is 5.95. The molecule has 1 atom stereocenters. The number of nitrogens with zero attached hydrogens (tertiary/aromatic N) is 2. The van der Waals surface area contributed by atoms with E-state index in [1.807, 2.05) is 18.2 Å². The van der Waals surface area contributed by atoms with E-state index in [4.69, 9.17) is 4.74 Å². The molecule has 1 N–H and O–H groups in total. The second-order valence-corrected chi connectivity index (χ2v) is 4.82. The summed E-state index contributed by atoms with van der Waals surface area (Å²) in [6.07, 6.45) is 0. The van der Waals surface area contributed by atoms with Gasteiger partial charge in [-0.15, -0.1) is 0 Å². The first kappa shape index (κ1) is 13.8. The summed E-state index contributed by atoms with van der Waals surface area (Å²) < 4.78 is 5.12. The van der Waals surface area contributed by atoms with E-state index in [-0.39, 0.29) is 0 Å². The highest BCUT2D eigenvalue weighted by Gasteiger charge is 2.14. The van der Waals surface area contributed by atoms with Crippen LogP contribution in [0.2, 0.25) is 0 Å². The Labute approximate surface area is 104 Å². The molecule has 0 amide bonds. The Morgan fingerprint density at radius 3 is 2.59 bits per heavy atom. The maximum absolute atomic E-state index is 5.12. The molecule has 1 unspecified atom stereocenters. The van der Waals surface area contributed by atoms with Gasteiger partial charge in [0.1, 0.15) is 5.82 Å². The average molecular weight is 237 g/mol. The van der Waals surface area contributed by atoms with Gasteiger partial charge in [-0.25, -0.2) is 0 Å². The number of anilines is 1. The molecular formula is C13H23N3O. The van der Waals surface area contributed by atoms with Gasteiger partial charge in [0.15, 0.2) is 0 Å². The second kappa shape index (κ2) is 6.45. The summed E-state index contributed by atoms with van der Waals surface area (Å²) >= 11 is 0. The number of nitrogens with one attached hydrogen (secondary N) is 1. The lowest BCUT2D eigenvalue weighted by molar-refractivity contribution is 0.343. The number of methoxy groups -OCH3 is 1. The van der Waals surface area contributed by atoms with Crippen molar-refractivity contribution in [1.29, 1.82) is 0 Å². The van der Waals surface area contributed by atoms with Gasteiger partial charge in [-0.3, -0.25) is 0 Å². The zero-order chi connectivity index (χ0) is 12.8. The van der Waals surface area contributed by atoms with Crippen LogP contribution in [0.25, 0.3) is 0 Å². The molecule has 0 aliphatic heterocycles. The molecule has 0 radical (unpaired) electrons. The van der Waals surface area contributed by atoms with Crippen molar-refractivity contribution in [1.82, 2.24) is 9.88 Å². The number of ether oxygens (including phenoxy) is 1. The van der Waals surface area contributed by atoms with E-state index in [0.717, 1.165) is 12.4 Å².